The van der Waals surface area contributed by atoms with Gasteiger partial charge in [-0.15, -0.1) is 0 Å². The monoisotopic (exact) mass is 351 g/mol. The van der Waals surface area contributed by atoms with Crippen LogP contribution in [-0.4, -0.2) is 60.4 Å². The molecule has 25 heavy (non-hydrogen) atoms. The van der Waals surface area contributed by atoms with Gasteiger partial charge in [0.2, 0.25) is 11.8 Å². The van der Waals surface area contributed by atoms with Crippen LogP contribution in [0.5, 0.6) is 0 Å². The van der Waals surface area contributed by atoms with Crippen LogP contribution in [0.1, 0.15) is 66.2 Å². The molecule has 0 aromatic rings. The second kappa shape index (κ2) is 9.02. The standard InChI is InChI=1S/C20H37N3O2/c1-5-10-21-19(25)18(16-8-6-7-9-16)23-13-11-22(12-14-23)17(24)15-20(2,3)4/h16,18H,5-15H2,1-4H3,(H,21,25)/t18-/m1/s1. The van der Waals surface area contributed by atoms with Gasteiger partial charge in [0.15, 0.2) is 0 Å². The third kappa shape index (κ3) is 5.98. The summed E-state index contributed by atoms with van der Waals surface area (Å²) in [4.78, 5) is 29.5. The quantitative estimate of drug-likeness (QED) is 0.800. The average Bonchev–Trinajstić information content (AvgIpc) is 3.06. The molecule has 2 aliphatic rings. The summed E-state index contributed by atoms with van der Waals surface area (Å²) >= 11 is 0. The lowest BCUT2D eigenvalue weighted by molar-refractivity contribution is -0.136. The number of nitrogens with zero attached hydrogens (tertiary/aromatic N) is 2. The van der Waals surface area contributed by atoms with Crippen LogP contribution in [0.25, 0.3) is 0 Å². The lowest BCUT2D eigenvalue weighted by Gasteiger charge is -2.41. The van der Waals surface area contributed by atoms with Gasteiger partial charge in [0.25, 0.3) is 0 Å². The maximum atomic E-state index is 12.8. The van der Waals surface area contributed by atoms with Crippen molar-refractivity contribution in [2.45, 2.75) is 72.3 Å². The number of amides is 2. The van der Waals surface area contributed by atoms with Crippen molar-refractivity contribution in [3.63, 3.8) is 0 Å². The fourth-order valence-electron chi connectivity index (χ4n) is 4.12. The molecule has 5 heteroatoms. The van der Waals surface area contributed by atoms with E-state index in [0.717, 1.165) is 52.0 Å². The van der Waals surface area contributed by atoms with Crippen LogP contribution in [0.4, 0.5) is 0 Å². The highest BCUT2D eigenvalue weighted by atomic mass is 16.2. The molecule has 1 aliphatic heterocycles. The van der Waals surface area contributed by atoms with Crippen molar-refractivity contribution in [3.05, 3.63) is 0 Å². The molecule has 2 amide bonds. The molecule has 0 aromatic carbocycles. The third-order valence-electron chi connectivity index (χ3n) is 5.41. The molecule has 1 N–H and O–H groups in total. The van der Waals surface area contributed by atoms with E-state index < -0.39 is 0 Å². The van der Waals surface area contributed by atoms with E-state index in [-0.39, 0.29) is 23.3 Å². The summed E-state index contributed by atoms with van der Waals surface area (Å²) in [5, 5.41) is 3.11. The van der Waals surface area contributed by atoms with Crippen LogP contribution in [0.15, 0.2) is 0 Å². The van der Waals surface area contributed by atoms with Crippen molar-refractivity contribution in [1.82, 2.24) is 15.1 Å². The van der Waals surface area contributed by atoms with E-state index in [0.29, 0.717) is 12.3 Å². The first kappa shape index (κ1) is 20.2. The molecule has 5 nitrogen and oxygen atoms in total. The largest absolute Gasteiger partial charge is 0.355 e. The normalized spacial score (nSPS) is 21.4. The Bertz CT molecular complexity index is 444. The lowest BCUT2D eigenvalue weighted by atomic mass is 9.91. The summed E-state index contributed by atoms with van der Waals surface area (Å²) in [6, 6.07) is -0.00563. The van der Waals surface area contributed by atoms with Gasteiger partial charge < -0.3 is 10.2 Å². The summed E-state index contributed by atoms with van der Waals surface area (Å²) in [6.07, 6.45) is 6.37. The van der Waals surface area contributed by atoms with E-state index in [2.05, 4.69) is 37.9 Å². The first-order chi connectivity index (χ1) is 11.8. The van der Waals surface area contributed by atoms with Crippen LogP contribution in [0, 0.1) is 11.3 Å². The zero-order valence-corrected chi connectivity index (χ0v) is 16.6. The van der Waals surface area contributed by atoms with Crippen LogP contribution in [-0.2, 0) is 9.59 Å². The first-order valence-electron chi connectivity index (χ1n) is 10.1. The highest BCUT2D eigenvalue weighted by Crippen LogP contribution is 2.31. The van der Waals surface area contributed by atoms with Crippen LogP contribution in [0.2, 0.25) is 0 Å². The molecule has 1 heterocycles. The average molecular weight is 352 g/mol. The molecule has 1 aliphatic carbocycles. The topological polar surface area (TPSA) is 52.7 Å². The molecule has 1 saturated carbocycles. The van der Waals surface area contributed by atoms with Crippen molar-refractivity contribution < 1.29 is 9.59 Å². The van der Waals surface area contributed by atoms with Gasteiger partial charge in [0, 0.05) is 39.1 Å². The zero-order valence-electron chi connectivity index (χ0n) is 16.6. The molecular weight excluding hydrogens is 314 g/mol. The highest BCUT2D eigenvalue weighted by Gasteiger charge is 2.37. The van der Waals surface area contributed by atoms with E-state index in [1.807, 2.05) is 4.90 Å². The van der Waals surface area contributed by atoms with Gasteiger partial charge >= 0.3 is 0 Å². The number of nitrogens with one attached hydrogen (secondary N) is 1. The van der Waals surface area contributed by atoms with E-state index >= 15 is 0 Å². The SMILES string of the molecule is CCCNC(=O)[C@@H](C1CCCC1)N1CCN(C(=O)CC(C)(C)C)CC1. The molecule has 144 valence electrons. The van der Waals surface area contributed by atoms with Crippen LogP contribution < -0.4 is 5.32 Å². The summed E-state index contributed by atoms with van der Waals surface area (Å²) in [6.45, 7) is 12.3. The van der Waals surface area contributed by atoms with Gasteiger partial charge in [-0.2, -0.15) is 0 Å². The number of hydrogen-bond acceptors (Lipinski definition) is 3. The number of carbonyl (C=O) groups is 2. The fourth-order valence-corrected chi connectivity index (χ4v) is 4.12. The Labute approximate surface area is 153 Å². The van der Waals surface area contributed by atoms with Crippen molar-refractivity contribution in [1.29, 1.82) is 0 Å². The minimum Gasteiger partial charge on any atom is -0.355 e. The first-order valence-corrected chi connectivity index (χ1v) is 10.1. The van der Waals surface area contributed by atoms with Crippen LogP contribution in [0.3, 0.4) is 0 Å². The minimum atomic E-state index is -0.00563. The number of rotatable bonds is 6. The molecule has 1 atom stereocenters. The number of carbonyl (C=O) groups excluding carboxylic acids is 2. The van der Waals surface area contributed by atoms with Gasteiger partial charge in [-0.3, -0.25) is 14.5 Å². The van der Waals surface area contributed by atoms with Crippen molar-refractivity contribution in [2.75, 3.05) is 32.7 Å². The Morgan fingerprint density at radius 3 is 2.20 bits per heavy atom. The molecule has 2 rings (SSSR count). The van der Waals surface area contributed by atoms with Crippen molar-refractivity contribution in [2.24, 2.45) is 11.3 Å². The van der Waals surface area contributed by atoms with Crippen LogP contribution >= 0.6 is 0 Å². The molecular formula is C20H37N3O2. The smallest absolute Gasteiger partial charge is 0.237 e. The second-order valence-corrected chi connectivity index (χ2v) is 8.93. The Morgan fingerprint density at radius 2 is 1.68 bits per heavy atom. The van der Waals surface area contributed by atoms with Gasteiger partial charge in [0.1, 0.15) is 0 Å². The van der Waals surface area contributed by atoms with Crippen molar-refractivity contribution in [3.8, 4) is 0 Å². The van der Waals surface area contributed by atoms with E-state index in [1.54, 1.807) is 0 Å². The summed E-state index contributed by atoms with van der Waals surface area (Å²) < 4.78 is 0. The van der Waals surface area contributed by atoms with Gasteiger partial charge in [0.05, 0.1) is 6.04 Å². The lowest BCUT2D eigenvalue weighted by Crippen LogP contribution is -2.58. The van der Waals surface area contributed by atoms with E-state index in [9.17, 15) is 9.59 Å². The Kier molecular flexibility index (Phi) is 7.29. The Morgan fingerprint density at radius 1 is 1.08 bits per heavy atom. The summed E-state index contributed by atoms with van der Waals surface area (Å²) in [5.41, 5.74) is 0.0284. The predicted octanol–water partition coefficient (Wildman–Crippen LogP) is 2.65. The number of hydrogen-bond donors (Lipinski definition) is 1. The van der Waals surface area contributed by atoms with Crippen molar-refractivity contribution >= 4 is 11.8 Å². The van der Waals surface area contributed by atoms with Gasteiger partial charge in [-0.25, -0.2) is 0 Å². The van der Waals surface area contributed by atoms with E-state index in [4.69, 9.17) is 0 Å². The van der Waals surface area contributed by atoms with Gasteiger partial charge in [-0.05, 0) is 30.6 Å². The third-order valence-corrected chi connectivity index (χ3v) is 5.41. The fraction of sp³-hybridized carbons (Fsp3) is 0.900. The van der Waals surface area contributed by atoms with Gasteiger partial charge in [-0.1, -0.05) is 40.5 Å². The molecule has 0 unspecified atom stereocenters. The minimum absolute atomic E-state index is 0.00563. The molecule has 0 bridgehead atoms. The molecule has 1 saturated heterocycles. The zero-order chi connectivity index (χ0) is 18.4. The predicted molar refractivity (Wildman–Crippen MR) is 101 cm³/mol. The molecule has 0 aromatic heterocycles. The second-order valence-electron chi connectivity index (χ2n) is 8.93. The molecule has 0 radical (unpaired) electrons. The summed E-state index contributed by atoms with van der Waals surface area (Å²) in [5.74, 6) is 0.928. The maximum Gasteiger partial charge on any atom is 0.237 e. The Balaban J connectivity index is 1.94. The Hall–Kier alpha value is -1.10. The van der Waals surface area contributed by atoms with E-state index in [1.165, 1.54) is 12.8 Å². The maximum absolute atomic E-state index is 12.8. The molecule has 0 spiro atoms. The molecule has 2 fully saturated rings. The highest BCUT2D eigenvalue weighted by molar-refractivity contribution is 5.82. The summed E-state index contributed by atoms with van der Waals surface area (Å²) in [7, 11) is 0. The number of piperazine rings is 1.